The first-order valence-electron chi connectivity index (χ1n) is 4.54. The standard InChI is InChI=1S/C10H11BrN2O2/c1-14-3-2-9-13-8-5-6(11)4-7(12)10(8)15-9/h4-5H,2-3,12H2,1H3. The van der Waals surface area contributed by atoms with Crippen LogP contribution in [-0.4, -0.2) is 18.7 Å². The monoisotopic (exact) mass is 270 g/mol. The van der Waals surface area contributed by atoms with Crippen molar-refractivity contribution >= 4 is 32.7 Å². The Labute approximate surface area is 95.5 Å². The molecule has 1 heterocycles. The van der Waals surface area contributed by atoms with Crippen LogP contribution in [0, 0.1) is 0 Å². The van der Waals surface area contributed by atoms with E-state index in [9.17, 15) is 0 Å². The Morgan fingerprint density at radius 3 is 3.07 bits per heavy atom. The van der Waals surface area contributed by atoms with Crippen molar-refractivity contribution in [3.63, 3.8) is 0 Å². The Bertz CT molecular complexity index is 481. The highest BCUT2D eigenvalue weighted by Gasteiger charge is 2.09. The first-order chi connectivity index (χ1) is 7.20. The molecule has 15 heavy (non-hydrogen) atoms. The molecule has 80 valence electrons. The molecule has 1 aromatic carbocycles. The van der Waals surface area contributed by atoms with E-state index < -0.39 is 0 Å². The maximum absolute atomic E-state index is 5.80. The van der Waals surface area contributed by atoms with Gasteiger partial charge in [-0.2, -0.15) is 0 Å². The number of hydrogen-bond acceptors (Lipinski definition) is 4. The summed E-state index contributed by atoms with van der Waals surface area (Å²) in [7, 11) is 1.65. The van der Waals surface area contributed by atoms with Gasteiger partial charge >= 0.3 is 0 Å². The second kappa shape index (κ2) is 4.20. The van der Waals surface area contributed by atoms with Gasteiger partial charge < -0.3 is 14.9 Å². The van der Waals surface area contributed by atoms with Gasteiger partial charge in [-0.1, -0.05) is 15.9 Å². The molecule has 0 aliphatic rings. The van der Waals surface area contributed by atoms with E-state index in [4.69, 9.17) is 14.9 Å². The molecule has 4 nitrogen and oxygen atoms in total. The van der Waals surface area contributed by atoms with Crippen molar-refractivity contribution in [1.82, 2.24) is 4.98 Å². The number of nitrogens with zero attached hydrogens (tertiary/aromatic N) is 1. The number of benzene rings is 1. The summed E-state index contributed by atoms with van der Waals surface area (Å²) in [5, 5.41) is 0. The van der Waals surface area contributed by atoms with Gasteiger partial charge in [0.05, 0.1) is 12.3 Å². The van der Waals surface area contributed by atoms with Gasteiger partial charge in [0.15, 0.2) is 11.5 Å². The average molecular weight is 271 g/mol. The van der Waals surface area contributed by atoms with Gasteiger partial charge in [0.1, 0.15) is 5.52 Å². The molecule has 0 saturated heterocycles. The Morgan fingerprint density at radius 2 is 2.33 bits per heavy atom. The van der Waals surface area contributed by atoms with Crippen LogP contribution in [0.1, 0.15) is 5.89 Å². The zero-order valence-corrected chi connectivity index (χ0v) is 9.87. The van der Waals surface area contributed by atoms with Gasteiger partial charge in [-0.05, 0) is 12.1 Å². The number of fused-ring (bicyclic) bond motifs is 1. The van der Waals surface area contributed by atoms with E-state index in [0.29, 0.717) is 30.2 Å². The second-order valence-electron chi connectivity index (χ2n) is 3.19. The summed E-state index contributed by atoms with van der Waals surface area (Å²) in [4.78, 5) is 4.32. The summed E-state index contributed by atoms with van der Waals surface area (Å²) >= 11 is 3.36. The number of nitrogens with two attached hydrogens (primary N) is 1. The van der Waals surface area contributed by atoms with Crippen LogP contribution in [-0.2, 0) is 11.2 Å². The number of hydrogen-bond donors (Lipinski definition) is 1. The van der Waals surface area contributed by atoms with Crippen molar-refractivity contribution in [1.29, 1.82) is 0 Å². The molecule has 0 aliphatic heterocycles. The quantitative estimate of drug-likeness (QED) is 0.870. The molecule has 0 saturated carbocycles. The molecule has 2 N–H and O–H groups in total. The van der Waals surface area contributed by atoms with Crippen LogP contribution < -0.4 is 5.73 Å². The lowest BCUT2D eigenvalue weighted by atomic mass is 10.3. The van der Waals surface area contributed by atoms with Crippen molar-refractivity contribution in [3.8, 4) is 0 Å². The highest BCUT2D eigenvalue weighted by atomic mass is 79.9. The van der Waals surface area contributed by atoms with Crippen molar-refractivity contribution in [2.75, 3.05) is 19.5 Å². The van der Waals surface area contributed by atoms with E-state index >= 15 is 0 Å². The Morgan fingerprint density at radius 1 is 1.53 bits per heavy atom. The number of halogens is 1. The van der Waals surface area contributed by atoms with Gasteiger partial charge in [-0.3, -0.25) is 0 Å². The van der Waals surface area contributed by atoms with Crippen molar-refractivity contribution in [2.24, 2.45) is 0 Å². The summed E-state index contributed by atoms with van der Waals surface area (Å²) in [5.74, 6) is 0.650. The van der Waals surface area contributed by atoms with Crippen LogP contribution in [0.3, 0.4) is 0 Å². The summed E-state index contributed by atoms with van der Waals surface area (Å²) in [5.41, 5.74) is 7.81. The minimum atomic E-state index is 0.591. The smallest absolute Gasteiger partial charge is 0.197 e. The van der Waals surface area contributed by atoms with Crippen LogP contribution >= 0.6 is 15.9 Å². The van der Waals surface area contributed by atoms with Crippen LogP contribution in [0.4, 0.5) is 5.69 Å². The normalized spacial score (nSPS) is 11.1. The van der Waals surface area contributed by atoms with Crippen LogP contribution in [0.5, 0.6) is 0 Å². The molecule has 0 amide bonds. The Balaban J connectivity index is 2.41. The van der Waals surface area contributed by atoms with E-state index in [2.05, 4.69) is 20.9 Å². The lowest BCUT2D eigenvalue weighted by Gasteiger charge is -1.94. The molecule has 0 radical (unpaired) electrons. The fourth-order valence-corrected chi connectivity index (χ4v) is 1.83. The average Bonchev–Trinajstić information content (AvgIpc) is 2.57. The number of aromatic nitrogens is 1. The first kappa shape index (κ1) is 10.4. The molecule has 2 aromatic rings. The third-order valence-corrected chi connectivity index (χ3v) is 2.51. The SMILES string of the molecule is COCCc1nc2cc(Br)cc(N)c2o1. The first-order valence-corrected chi connectivity index (χ1v) is 5.33. The van der Waals surface area contributed by atoms with Crippen molar-refractivity contribution in [2.45, 2.75) is 6.42 Å². The number of ether oxygens (including phenoxy) is 1. The summed E-state index contributed by atoms with van der Waals surface area (Å²) in [6, 6.07) is 3.68. The van der Waals surface area contributed by atoms with Crippen LogP contribution in [0.25, 0.3) is 11.1 Å². The van der Waals surface area contributed by atoms with E-state index in [1.807, 2.05) is 6.07 Å². The number of oxazole rings is 1. The highest BCUT2D eigenvalue weighted by molar-refractivity contribution is 9.10. The van der Waals surface area contributed by atoms with Gasteiger partial charge in [0.25, 0.3) is 0 Å². The summed E-state index contributed by atoms with van der Waals surface area (Å²) in [6.45, 7) is 0.591. The van der Waals surface area contributed by atoms with Crippen LogP contribution in [0.15, 0.2) is 21.0 Å². The minimum Gasteiger partial charge on any atom is -0.438 e. The highest BCUT2D eigenvalue weighted by Crippen LogP contribution is 2.26. The predicted octanol–water partition coefficient (Wildman–Crippen LogP) is 2.36. The molecule has 0 atom stereocenters. The minimum absolute atomic E-state index is 0.591. The van der Waals surface area contributed by atoms with Gasteiger partial charge in [-0.15, -0.1) is 0 Å². The number of anilines is 1. The molecule has 1 aromatic heterocycles. The second-order valence-corrected chi connectivity index (χ2v) is 4.11. The molecule has 0 unspecified atom stereocenters. The van der Waals surface area contributed by atoms with Crippen molar-refractivity contribution in [3.05, 3.63) is 22.5 Å². The van der Waals surface area contributed by atoms with Gasteiger partial charge in [0.2, 0.25) is 0 Å². The zero-order chi connectivity index (χ0) is 10.8. The predicted molar refractivity (Wildman–Crippen MR) is 61.7 cm³/mol. The maximum Gasteiger partial charge on any atom is 0.197 e. The maximum atomic E-state index is 5.80. The van der Waals surface area contributed by atoms with Gasteiger partial charge in [0, 0.05) is 18.0 Å². The number of nitrogen functional groups attached to an aromatic ring is 1. The largest absolute Gasteiger partial charge is 0.438 e. The number of methoxy groups -OCH3 is 1. The third kappa shape index (κ3) is 2.13. The Hall–Kier alpha value is -1.07. The summed E-state index contributed by atoms with van der Waals surface area (Å²) < 4.78 is 11.4. The van der Waals surface area contributed by atoms with Crippen LogP contribution in [0.2, 0.25) is 0 Å². The van der Waals surface area contributed by atoms with Crippen molar-refractivity contribution < 1.29 is 9.15 Å². The topological polar surface area (TPSA) is 61.3 Å². The van der Waals surface area contributed by atoms with E-state index in [1.54, 1.807) is 13.2 Å². The van der Waals surface area contributed by atoms with E-state index in [-0.39, 0.29) is 0 Å². The molecule has 2 rings (SSSR count). The molecule has 0 aliphatic carbocycles. The zero-order valence-electron chi connectivity index (χ0n) is 8.29. The van der Waals surface area contributed by atoms with E-state index in [1.165, 1.54) is 0 Å². The molecular weight excluding hydrogens is 260 g/mol. The van der Waals surface area contributed by atoms with Gasteiger partial charge in [-0.25, -0.2) is 4.98 Å². The third-order valence-electron chi connectivity index (χ3n) is 2.05. The number of rotatable bonds is 3. The molecular formula is C10H11BrN2O2. The lowest BCUT2D eigenvalue weighted by Crippen LogP contribution is -1.93. The lowest BCUT2D eigenvalue weighted by molar-refractivity contribution is 0.196. The summed E-state index contributed by atoms with van der Waals surface area (Å²) in [6.07, 6.45) is 0.655. The molecule has 5 heteroatoms. The fraction of sp³-hybridized carbons (Fsp3) is 0.300. The molecule has 0 spiro atoms. The van der Waals surface area contributed by atoms with E-state index in [0.717, 1.165) is 9.99 Å². The molecule has 0 bridgehead atoms. The molecule has 0 fully saturated rings. The fourth-order valence-electron chi connectivity index (χ4n) is 1.37. The Kier molecular flexibility index (Phi) is 2.93.